The van der Waals surface area contributed by atoms with Crippen LogP contribution in [-0.4, -0.2) is 20.2 Å². The third kappa shape index (κ3) is 3.88. The molecule has 1 aliphatic heterocycles. The van der Waals surface area contributed by atoms with Crippen LogP contribution in [0.25, 0.3) is 0 Å². The van der Waals surface area contributed by atoms with E-state index < -0.39 is 22.0 Å². The number of rotatable bonds is 0. The van der Waals surface area contributed by atoms with Crippen LogP contribution in [0.3, 0.4) is 0 Å². The van der Waals surface area contributed by atoms with Gasteiger partial charge in [0.2, 0.25) is 0 Å². The van der Waals surface area contributed by atoms with Crippen LogP contribution >= 0.6 is 0 Å². The minimum absolute atomic E-state index is 0. The second kappa shape index (κ2) is 4.80. The van der Waals surface area contributed by atoms with Gasteiger partial charge in [0.1, 0.15) is 0 Å². The van der Waals surface area contributed by atoms with Gasteiger partial charge in [0.05, 0.1) is 0 Å². The van der Waals surface area contributed by atoms with Crippen LogP contribution in [0.15, 0.2) is 8.80 Å². The van der Waals surface area contributed by atoms with Crippen LogP contribution in [0.2, 0.25) is 0 Å². The molecule has 0 N–H and O–H groups in total. The van der Waals surface area contributed by atoms with Gasteiger partial charge in [0, 0.05) is 11.8 Å². The zero-order valence-electron chi connectivity index (χ0n) is 5.94. The van der Waals surface area contributed by atoms with E-state index in [-0.39, 0.29) is 59.1 Å². The third-order valence-electron chi connectivity index (χ3n) is 0.579. The van der Waals surface area contributed by atoms with Crippen molar-refractivity contribution in [2.24, 2.45) is 8.80 Å². The summed E-state index contributed by atoms with van der Waals surface area (Å²) in [7, 11) is -4.09. The van der Waals surface area contributed by atoms with E-state index in [9.17, 15) is 18.6 Å². The van der Waals surface area contributed by atoms with E-state index in [2.05, 4.69) is 8.80 Å². The van der Waals surface area contributed by atoms with Crippen molar-refractivity contribution in [2.45, 2.75) is 0 Å². The molecule has 50 valence electrons. The van der Waals surface area contributed by atoms with Crippen LogP contribution in [0.1, 0.15) is 0 Å². The zero-order valence-corrected chi connectivity index (χ0v) is 10.8. The Balaban J connectivity index is 0. The first-order valence-electron chi connectivity index (χ1n) is 1.80. The Kier molecular flexibility index (Phi) is 6.30. The predicted molar refractivity (Wildman–Crippen MR) is 23.8 cm³/mol. The monoisotopic (exact) mass is 194 g/mol. The van der Waals surface area contributed by atoms with Crippen molar-refractivity contribution >= 4 is 22.0 Å². The largest absolute Gasteiger partial charge is 1.00 e. The van der Waals surface area contributed by atoms with E-state index >= 15 is 0 Å². The van der Waals surface area contributed by atoms with Gasteiger partial charge in [-0.3, -0.25) is 0 Å². The molecule has 0 atom stereocenters. The first kappa shape index (κ1) is 14.4. The van der Waals surface area contributed by atoms with Gasteiger partial charge in [-0.2, -0.15) is 17.2 Å². The molecular weight excluding hydrogens is 194 g/mol. The fourth-order valence-electron chi connectivity index (χ4n) is 0.308. The summed E-state index contributed by atoms with van der Waals surface area (Å²) in [6.45, 7) is 0. The van der Waals surface area contributed by atoms with E-state index in [1.807, 2.05) is 0 Å². The van der Waals surface area contributed by atoms with E-state index in [1.165, 1.54) is 0 Å². The fourth-order valence-corrected chi connectivity index (χ4v) is 0.924. The molecule has 0 aromatic rings. The average molecular weight is 194 g/mol. The van der Waals surface area contributed by atoms with Crippen LogP contribution in [0, 0.1) is 0 Å². The quantitative estimate of drug-likeness (QED) is 0.357. The van der Waals surface area contributed by atoms with E-state index in [1.54, 1.807) is 0 Å². The van der Waals surface area contributed by atoms with E-state index in [0.29, 0.717) is 0 Å². The zero-order chi connectivity index (χ0) is 7.07. The molecule has 0 spiro atoms. The molecule has 0 aromatic heterocycles. The molecule has 0 saturated heterocycles. The van der Waals surface area contributed by atoms with Crippen molar-refractivity contribution < 1.29 is 77.7 Å². The average Bonchev–Trinajstić information content (AvgIpc) is 1.79. The van der Waals surface area contributed by atoms with Crippen LogP contribution in [0.5, 0.6) is 0 Å². The van der Waals surface area contributed by atoms with Crippen molar-refractivity contribution in [1.82, 2.24) is 0 Å². The molecule has 11 heavy (non-hydrogen) atoms. The maximum atomic E-state index is 10.1. The van der Waals surface area contributed by atoms with Gasteiger partial charge in [0.25, 0.3) is 0 Å². The van der Waals surface area contributed by atoms with Crippen molar-refractivity contribution in [2.75, 3.05) is 0 Å². The number of hydrogen-bond acceptors (Lipinski definition) is 4. The molecule has 0 bridgehead atoms. The summed E-state index contributed by atoms with van der Waals surface area (Å²) in [6.07, 6.45) is 0. The van der Waals surface area contributed by atoms with Gasteiger partial charge in [-0.15, -0.1) is 0 Å². The summed E-state index contributed by atoms with van der Waals surface area (Å²) in [6, 6.07) is 0. The Bertz CT molecular complexity index is 269. The summed E-state index contributed by atoms with van der Waals surface area (Å²) >= 11 is 0. The molecule has 1 rings (SSSR count). The van der Waals surface area contributed by atoms with Crippen molar-refractivity contribution in [3.63, 3.8) is 0 Å². The molecule has 1 heterocycles. The standard InChI is InChI=1S/C2H2N2O4S.2Na/c5-1-2(6)4-9(7,8)3-1;;/h(H,3,5)(H,4,6);;/q;2*+1/p-2. The fraction of sp³-hybridized carbons (Fsp3) is 0. The van der Waals surface area contributed by atoms with Crippen molar-refractivity contribution in [1.29, 1.82) is 0 Å². The second-order valence-corrected chi connectivity index (χ2v) is 2.50. The summed E-state index contributed by atoms with van der Waals surface area (Å²) in [5.41, 5.74) is 0. The van der Waals surface area contributed by atoms with Crippen LogP contribution < -0.4 is 69.3 Å². The van der Waals surface area contributed by atoms with Gasteiger partial charge >= 0.3 is 69.3 Å². The Morgan fingerprint density at radius 1 is 1.00 bits per heavy atom. The molecular formula is C2N2Na2O4S. The van der Waals surface area contributed by atoms with Crippen LogP contribution in [0.4, 0.5) is 0 Å². The predicted octanol–water partition coefficient (Wildman–Crippen LogP) is -9.23. The second-order valence-electron chi connectivity index (χ2n) is 1.24. The molecule has 0 aliphatic carbocycles. The van der Waals surface area contributed by atoms with Crippen molar-refractivity contribution in [3.8, 4) is 0 Å². The van der Waals surface area contributed by atoms with E-state index in [0.717, 1.165) is 0 Å². The first-order valence-corrected chi connectivity index (χ1v) is 3.20. The summed E-state index contributed by atoms with van der Waals surface area (Å²) in [5, 5.41) is 20.0. The SMILES string of the molecule is O=S1(=O)N=C([O-])C([O-])=N1.[Na+].[Na+]. The minimum Gasteiger partial charge on any atom is -0.857 e. The van der Waals surface area contributed by atoms with E-state index in [4.69, 9.17) is 0 Å². The number of nitrogens with zero attached hydrogens (tertiary/aromatic N) is 2. The maximum Gasteiger partial charge on any atom is 1.00 e. The van der Waals surface area contributed by atoms with Gasteiger partial charge in [-0.1, -0.05) is 0 Å². The maximum absolute atomic E-state index is 10.1. The Labute approximate surface area is 107 Å². The Hall–Kier alpha value is 0.890. The molecule has 0 amide bonds. The summed E-state index contributed by atoms with van der Waals surface area (Å²) < 4.78 is 25.0. The van der Waals surface area contributed by atoms with Crippen LogP contribution in [-0.2, 0) is 10.2 Å². The summed E-state index contributed by atoms with van der Waals surface area (Å²) in [4.78, 5) is 0. The minimum atomic E-state index is -4.09. The molecule has 6 nitrogen and oxygen atoms in total. The van der Waals surface area contributed by atoms with Gasteiger partial charge in [-0.05, 0) is 0 Å². The smallest absolute Gasteiger partial charge is 0.857 e. The van der Waals surface area contributed by atoms with Crippen molar-refractivity contribution in [3.05, 3.63) is 0 Å². The molecule has 0 radical (unpaired) electrons. The first-order chi connectivity index (χ1) is 4.01. The summed E-state index contributed by atoms with van der Waals surface area (Å²) in [5.74, 6) is -2.65. The van der Waals surface area contributed by atoms with Gasteiger partial charge < -0.3 is 10.2 Å². The Morgan fingerprint density at radius 3 is 1.36 bits per heavy atom. The third-order valence-corrected chi connectivity index (χ3v) is 1.37. The molecule has 0 aromatic carbocycles. The molecule has 1 aliphatic rings. The van der Waals surface area contributed by atoms with Gasteiger partial charge in [-0.25, -0.2) is 0 Å². The molecule has 9 heteroatoms. The molecule has 0 saturated carbocycles. The molecule has 0 fully saturated rings. The molecule has 0 unspecified atom stereocenters. The van der Waals surface area contributed by atoms with Gasteiger partial charge in [0.15, 0.2) is 0 Å². The number of hydrogen-bond donors (Lipinski definition) is 0. The topological polar surface area (TPSA) is 105 Å². The normalized spacial score (nSPS) is 18.9. The Morgan fingerprint density at radius 2 is 1.27 bits per heavy atom.